The van der Waals surface area contributed by atoms with Gasteiger partial charge in [0, 0.05) is 10.9 Å². The second-order valence-corrected chi connectivity index (χ2v) is 6.12. The number of aromatic nitrogens is 1. The Bertz CT molecular complexity index is 962. The maximum atomic E-state index is 12.0. The van der Waals surface area contributed by atoms with Crippen LogP contribution >= 0.6 is 11.3 Å². The molecule has 0 aliphatic rings. The van der Waals surface area contributed by atoms with Crippen molar-refractivity contribution in [3.63, 3.8) is 0 Å². The van der Waals surface area contributed by atoms with E-state index in [4.69, 9.17) is 0 Å². The van der Waals surface area contributed by atoms with E-state index in [1.165, 1.54) is 35.0 Å². The van der Waals surface area contributed by atoms with Gasteiger partial charge < -0.3 is 15.3 Å². The normalized spacial score (nSPS) is 10.6. The van der Waals surface area contributed by atoms with E-state index in [1.807, 2.05) is 0 Å². The van der Waals surface area contributed by atoms with Crippen LogP contribution in [0, 0.1) is 6.92 Å². The van der Waals surface area contributed by atoms with E-state index in [0.717, 1.165) is 0 Å². The lowest BCUT2D eigenvalue weighted by Crippen LogP contribution is -2.11. The van der Waals surface area contributed by atoms with Crippen LogP contribution in [0.15, 0.2) is 41.2 Å². The molecular weight excluding hydrogens is 342 g/mol. The molecule has 0 spiro atoms. The van der Waals surface area contributed by atoms with E-state index in [0.29, 0.717) is 22.4 Å². The number of phenolic OH excluding ortho intramolecular Hbond substituents is 1. The van der Waals surface area contributed by atoms with Gasteiger partial charge >= 0.3 is 11.9 Å². The molecule has 0 radical (unpaired) electrons. The average molecular weight is 355 g/mol. The molecule has 1 aromatic heterocycles. The average Bonchev–Trinajstić information content (AvgIpc) is 3.08. The largest absolute Gasteiger partial charge is 0.508 e. The lowest BCUT2D eigenvalue weighted by molar-refractivity contribution is 0.0695. The van der Waals surface area contributed by atoms with Crippen molar-refractivity contribution in [3.05, 3.63) is 57.9 Å². The predicted octanol–water partition coefficient (Wildman–Crippen LogP) is 3.89. The fourth-order valence-electron chi connectivity index (χ4n) is 2.78. The summed E-state index contributed by atoms with van der Waals surface area (Å²) in [5.74, 6) is -2.40. The maximum Gasteiger partial charge on any atom is 0.337 e. The topological polar surface area (TPSA) is 108 Å². The minimum Gasteiger partial charge on any atom is -0.508 e. The highest BCUT2D eigenvalue weighted by Gasteiger charge is 2.27. The highest BCUT2D eigenvalue weighted by atomic mass is 32.1. The first-order valence-electron chi connectivity index (χ1n) is 7.22. The number of hydrogen-bond donors (Lipinski definition) is 3. The molecule has 7 heteroatoms. The van der Waals surface area contributed by atoms with Gasteiger partial charge in [0.2, 0.25) is 0 Å². The van der Waals surface area contributed by atoms with E-state index in [1.54, 1.807) is 24.4 Å². The fraction of sp³-hybridized carbons (Fsp3) is 0.0556. The standard InChI is InChI=1S/C18H13NO5S/c1-9-6-12(10-2-4-11(20)5-3-10)15(18(23)24)16(14(9)17(21)22)13-7-25-8-19-13/h2-8,20H,1H3,(H,21,22)(H,23,24). The minimum absolute atomic E-state index is 0.0548. The molecule has 126 valence electrons. The number of hydrogen-bond acceptors (Lipinski definition) is 5. The molecular formula is C18H13NO5S. The summed E-state index contributed by atoms with van der Waals surface area (Å²) in [6, 6.07) is 7.60. The molecule has 6 nitrogen and oxygen atoms in total. The molecule has 3 rings (SSSR count). The summed E-state index contributed by atoms with van der Waals surface area (Å²) in [5.41, 5.74) is 3.08. The van der Waals surface area contributed by atoms with Crippen molar-refractivity contribution in [2.75, 3.05) is 0 Å². The summed E-state index contributed by atoms with van der Waals surface area (Å²) in [7, 11) is 0. The first-order chi connectivity index (χ1) is 11.9. The van der Waals surface area contributed by atoms with Crippen molar-refractivity contribution < 1.29 is 24.9 Å². The maximum absolute atomic E-state index is 12.0. The predicted molar refractivity (Wildman–Crippen MR) is 93.3 cm³/mol. The molecule has 0 fully saturated rings. The number of aromatic hydroxyl groups is 1. The fourth-order valence-corrected chi connectivity index (χ4v) is 3.32. The van der Waals surface area contributed by atoms with Gasteiger partial charge in [-0.05, 0) is 41.8 Å². The van der Waals surface area contributed by atoms with Gasteiger partial charge in [-0.1, -0.05) is 12.1 Å². The van der Waals surface area contributed by atoms with Gasteiger partial charge in [-0.2, -0.15) is 0 Å². The molecule has 3 N–H and O–H groups in total. The van der Waals surface area contributed by atoms with Gasteiger partial charge in [-0.3, -0.25) is 0 Å². The van der Waals surface area contributed by atoms with Gasteiger partial charge in [0.1, 0.15) is 5.75 Å². The van der Waals surface area contributed by atoms with Crippen LogP contribution in [0.2, 0.25) is 0 Å². The Morgan fingerprint density at radius 1 is 1.04 bits per heavy atom. The minimum atomic E-state index is -1.24. The number of phenols is 1. The highest BCUT2D eigenvalue weighted by molar-refractivity contribution is 7.07. The summed E-state index contributed by atoms with van der Waals surface area (Å²) in [6.07, 6.45) is 0. The Labute approximate surface area is 146 Å². The van der Waals surface area contributed by atoms with Crippen LogP contribution < -0.4 is 0 Å². The van der Waals surface area contributed by atoms with Crippen LogP contribution in [0.4, 0.5) is 0 Å². The molecule has 0 saturated carbocycles. The SMILES string of the molecule is Cc1cc(-c2ccc(O)cc2)c(C(=O)O)c(-c2cscn2)c1C(=O)O. The van der Waals surface area contributed by atoms with Crippen molar-refractivity contribution in [1.82, 2.24) is 4.98 Å². The molecule has 0 aliphatic heterocycles. The molecule has 0 amide bonds. The zero-order valence-corrected chi connectivity index (χ0v) is 13.9. The number of nitrogens with zero attached hydrogens (tertiary/aromatic N) is 1. The third kappa shape index (κ3) is 2.97. The van der Waals surface area contributed by atoms with Crippen LogP contribution in [-0.4, -0.2) is 32.2 Å². The van der Waals surface area contributed by atoms with E-state index in [-0.39, 0.29) is 22.4 Å². The smallest absolute Gasteiger partial charge is 0.337 e. The Hall–Kier alpha value is -3.19. The molecule has 25 heavy (non-hydrogen) atoms. The zero-order chi connectivity index (χ0) is 18.1. The van der Waals surface area contributed by atoms with Gasteiger partial charge in [0.15, 0.2) is 0 Å². The summed E-state index contributed by atoms with van der Waals surface area (Å²) >= 11 is 1.25. The van der Waals surface area contributed by atoms with E-state index < -0.39 is 11.9 Å². The zero-order valence-electron chi connectivity index (χ0n) is 13.1. The van der Waals surface area contributed by atoms with E-state index in [2.05, 4.69) is 4.98 Å². The number of aromatic carboxylic acids is 2. The van der Waals surface area contributed by atoms with Crippen molar-refractivity contribution >= 4 is 23.3 Å². The Morgan fingerprint density at radius 3 is 2.20 bits per heavy atom. The summed E-state index contributed by atoms with van der Waals surface area (Å²) in [6.45, 7) is 1.62. The third-order valence-corrected chi connectivity index (χ3v) is 4.41. The number of aryl methyl sites for hydroxylation is 1. The number of thiazole rings is 1. The molecule has 2 aromatic carbocycles. The molecule has 1 heterocycles. The Morgan fingerprint density at radius 2 is 1.68 bits per heavy atom. The van der Waals surface area contributed by atoms with E-state index in [9.17, 15) is 24.9 Å². The summed E-state index contributed by atoms with van der Waals surface area (Å²) < 4.78 is 0. The van der Waals surface area contributed by atoms with Crippen LogP contribution in [0.25, 0.3) is 22.4 Å². The summed E-state index contributed by atoms with van der Waals surface area (Å²) in [4.78, 5) is 27.9. The molecule has 0 saturated heterocycles. The lowest BCUT2D eigenvalue weighted by Gasteiger charge is -2.16. The van der Waals surface area contributed by atoms with Crippen LogP contribution in [0.1, 0.15) is 26.3 Å². The first kappa shape index (κ1) is 16.7. The second kappa shape index (κ2) is 6.37. The molecule has 0 bridgehead atoms. The first-order valence-corrected chi connectivity index (χ1v) is 8.16. The van der Waals surface area contributed by atoms with Crippen molar-refractivity contribution in [3.8, 4) is 28.1 Å². The molecule has 3 aromatic rings. The number of carboxylic acid groups (broad SMARTS) is 2. The Kier molecular flexibility index (Phi) is 4.24. The van der Waals surface area contributed by atoms with Crippen molar-refractivity contribution in [2.45, 2.75) is 6.92 Å². The third-order valence-electron chi connectivity index (χ3n) is 3.82. The number of rotatable bonds is 4. The quantitative estimate of drug-likeness (QED) is 0.655. The van der Waals surface area contributed by atoms with Gasteiger partial charge in [-0.25, -0.2) is 14.6 Å². The van der Waals surface area contributed by atoms with Crippen molar-refractivity contribution in [1.29, 1.82) is 0 Å². The summed E-state index contributed by atoms with van der Waals surface area (Å²) in [5, 5.41) is 30.5. The molecule has 0 atom stereocenters. The van der Waals surface area contributed by atoms with Crippen LogP contribution in [0.3, 0.4) is 0 Å². The number of carboxylic acids is 2. The van der Waals surface area contributed by atoms with Gasteiger partial charge in [0.05, 0.1) is 22.3 Å². The van der Waals surface area contributed by atoms with Crippen LogP contribution in [0.5, 0.6) is 5.75 Å². The number of carbonyl (C=O) groups is 2. The highest BCUT2D eigenvalue weighted by Crippen LogP contribution is 2.37. The molecule has 0 unspecified atom stereocenters. The monoisotopic (exact) mass is 355 g/mol. The van der Waals surface area contributed by atoms with Gasteiger partial charge in [-0.15, -0.1) is 11.3 Å². The van der Waals surface area contributed by atoms with E-state index >= 15 is 0 Å². The number of benzene rings is 2. The van der Waals surface area contributed by atoms with Crippen molar-refractivity contribution in [2.24, 2.45) is 0 Å². The lowest BCUT2D eigenvalue weighted by atomic mass is 9.87. The Balaban J connectivity index is 2.43. The van der Waals surface area contributed by atoms with Gasteiger partial charge in [0.25, 0.3) is 0 Å². The van der Waals surface area contributed by atoms with Crippen LogP contribution in [-0.2, 0) is 0 Å². The molecule has 0 aliphatic carbocycles. The second-order valence-electron chi connectivity index (χ2n) is 5.40.